The largest absolute Gasteiger partial charge is 0.388 e. The number of fused-ring (bicyclic) bond motifs is 1. The van der Waals surface area contributed by atoms with E-state index in [4.69, 9.17) is 4.74 Å². The van der Waals surface area contributed by atoms with Crippen LogP contribution in [0.2, 0.25) is 0 Å². The number of ether oxygens (including phenoxy) is 1. The first kappa shape index (κ1) is 14.1. The molecule has 2 aromatic rings. The zero-order valence-corrected chi connectivity index (χ0v) is 11.7. The third kappa shape index (κ3) is 2.78. The monoisotopic (exact) mass is 290 g/mol. The average Bonchev–Trinajstić information content (AvgIpc) is 2.87. The molecule has 1 aromatic heterocycles. The Bertz CT molecular complexity index is 667. The van der Waals surface area contributed by atoms with Crippen molar-refractivity contribution in [3.63, 3.8) is 0 Å². The van der Waals surface area contributed by atoms with Crippen LogP contribution in [0, 0.1) is 6.92 Å². The zero-order valence-electron chi connectivity index (χ0n) is 11.7. The summed E-state index contributed by atoms with van der Waals surface area (Å²) in [7, 11) is 0. The molecule has 0 spiro atoms. The second-order valence-electron chi connectivity index (χ2n) is 5.45. The van der Waals surface area contributed by atoms with Crippen molar-refractivity contribution in [3.05, 3.63) is 35.5 Å². The lowest BCUT2D eigenvalue weighted by molar-refractivity contribution is -0.102. The first-order valence-electron chi connectivity index (χ1n) is 6.89. The summed E-state index contributed by atoms with van der Waals surface area (Å²) in [5, 5.41) is 23.0. The smallest absolute Gasteiger partial charge is 0.268 e. The van der Waals surface area contributed by atoms with Crippen LogP contribution in [-0.4, -0.2) is 52.6 Å². The van der Waals surface area contributed by atoms with Crippen molar-refractivity contribution in [3.8, 4) is 0 Å². The van der Waals surface area contributed by atoms with E-state index in [0.717, 1.165) is 16.5 Å². The topological polar surface area (TPSA) is 94.6 Å². The molecule has 6 nitrogen and oxygen atoms in total. The molecule has 0 radical (unpaired) electrons. The van der Waals surface area contributed by atoms with Crippen molar-refractivity contribution >= 4 is 16.8 Å². The molecule has 1 fully saturated rings. The number of hydrogen-bond donors (Lipinski definition) is 4. The predicted molar refractivity (Wildman–Crippen MR) is 77.1 cm³/mol. The van der Waals surface area contributed by atoms with Gasteiger partial charge in [-0.3, -0.25) is 4.79 Å². The van der Waals surface area contributed by atoms with Crippen LogP contribution in [0.15, 0.2) is 24.3 Å². The van der Waals surface area contributed by atoms with E-state index in [0.29, 0.717) is 5.69 Å². The molecule has 6 heteroatoms. The first-order valence-corrected chi connectivity index (χ1v) is 6.89. The number of aliphatic hydroxyl groups excluding tert-OH is 2. The molecule has 2 heterocycles. The molecular weight excluding hydrogens is 272 g/mol. The quantitative estimate of drug-likeness (QED) is 0.641. The molecule has 4 N–H and O–H groups in total. The van der Waals surface area contributed by atoms with Gasteiger partial charge in [0.15, 0.2) is 0 Å². The standard InChI is InChI=1S/C15H18N2O4/c1-8-2-3-9-5-11(16-10(9)4-8)15(20)17-12-6-21-7-13(18)14(12)19/h2-5,12-14,16,18-19H,6-7H2,1H3,(H,17,20)/t12-,13-,14+/m1/s1. The lowest BCUT2D eigenvalue weighted by Gasteiger charge is -2.32. The molecule has 1 aromatic carbocycles. The SMILES string of the molecule is Cc1ccc2cc(C(=O)N[C@@H]3COC[C@@H](O)[C@H]3O)[nH]c2c1. The van der Waals surface area contributed by atoms with Crippen LogP contribution in [0.25, 0.3) is 10.9 Å². The summed E-state index contributed by atoms with van der Waals surface area (Å²) < 4.78 is 5.14. The number of aryl methyl sites for hydroxylation is 1. The molecule has 0 aliphatic carbocycles. The summed E-state index contributed by atoms with van der Waals surface area (Å²) >= 11 is 0. The van der Waals surface area contributed by atoms with Gasteiger partial charge in [-0.1, -0.05) is 12.1 Å². The zero-order chi connectivity index (χ0) is 15.0. The highest BCUT2D eigenvalue weighted by Gasteiger charge is 2.32. The Balaban J connectivity index is 1.77. The third-order valence-electron chi connectivity index (χ3n) is 3.73. The Kier molecular flexibility index (Phi) is 3.67. The van der Waals surface area contributed by atoms with Gasteiger partial charge in [-0.25, -0.2) is 0 Å². The third-order valence-corrected chi connectivity index (χ3v) is 3.73. The van der Waals surface area contributed by atoms with Gasteiger partial charge in [-0.15, -0.1) is 0 Å². The van der Waals surface area contributed by atoms with E-state index in [1.807, 2.05) is 25.1 Å². The molecule has 1 amide bonds. The van der Waals surface area contributed by atoms with Crippen molar-refractivity contribution in [2.24, 2.45) is 0 Å². The van der Waals surface area contributed by atoms with Gasteiger partial charge in [0.05, 0.1) is 19.3 Å². The van der Waals surface area contributed by atoms with E-state index >= 15 is 0 Å². The second kappa shape index (κ2) is 5.48. The van der Waals surface area contributed by atoms with Gasteiger partial charge >= 0.3 is 0 Å². The van der Waals surface area contributed by atoms with E-state index in [-0.39, 0.29) is 19.1 Å². The fourth-order valence-electron chi connectivity index (χ4n) is 2.52. The molecule has 3 atom stereocenters. The lowest BCUT2D eigenvalue weighted by atomic mass is 10.0. The van der Waals surface area contributed by atoms with Gasteiger partial charge in [0.25, 0.3) is 5.91 Å². The van der Waals surface area contributed by atoms with Crippen LogP contribution in [0.1, 0.15) is 16.1 Å². The number of benzene rings is 1. The van der Waals surface area contributed by atoms with Crippen molar-refractivity contribution in [1.82, 2.24) is 10.3 Å². The molecule has 0 saturated carbocycles. The highest BCUT2D eigenvalue weighted by Crippen LogP contribution is 2.17. The van der Waals surface area contributed by atoms with Crippen molar-refractivity contribution in [2.45, 2.75) is 25.2 Å². The number of aromatic amines is 1. The average molecular weight is 290 g/mol. The Morgan fingerprint density at radius 3 is 2.95 bits per heavy atom. The maximum absolute atomic E-state index is 12.2. The minimum Gasteiger partial charge on any atom is -0.388 e. The minimum absolute atomic E-state index is 0.0825. The fraction of sp³-hybridized carbons (Fsp3) is 0.400. The number of H-pyrrole nitrogens is 1. The molecule has 3 rings (SSSR count). The van der Waals surface area contributed by atoms with Gasteiger partial charge in [-0.05, 0) is 24.6 Å². The molecule has 1 aliphatic rings. The second-order valence-corrected chi connectivity index (χ2v) is 5.45. The summed E-state index contributed by atoms with van der Waals surface area (Å²) in [6.45, 7) is 2.25. The minimum atomic E-state index is -1.02. The van der Waals surface area contributed by atoms with Gasteiger partial charge in [0.1, 0.15) is 17.9 Å². The van der Waals surface area contributed by atoms with E-state index in [1.165, 1.54) is 0 Å². The van der Waals surface area contributed by atoms with Gasteiger partial charge in [0, 0.05) is 10.9 Å². The number of carbonyl (C=O) groups excluding carboxylic acids is 1. The molecule has 1 saturated heterocycles. The summed E-state index contributed by atoms with van der Waals surface area (Å²) in [6, 6.07) is 7.03. The van der Waals surface area contributed by atoms with Crippen LogP contribution in [0.3, 0.4) is 0 Å². The van der Waals surface area contributed by atoms with E-state index < -0.39 is 18.2 Å². The van der Waals surface area contributed by atoms with Crippen LogP contribution < -0.4 is 5.32 Å². The van der Waals surface area contributed by atoms with E-state index in [2.05, 4.69) is 10.3 Å². The number of carbonyl (C=O) groups is 1. The van der Waals surface area contributed by atoms with Crippen LogP contribution in [0.4, 0.5) is 0 Å². The highest BCUT2D eigenvalue weighted by atomic mass is 16.5. The Morgan fingerprint density at radius 2 is 2.14 bits per heavy atom. The fourth-order valence-corrected chi connectivity index (χ4v) is 2.52. The van der Waals surface area contributed by atoms with Crippen LogP contribution in [0.5, 0.6) is 0 Å². The van der Waals surface area contributed by atoms with Crippen LogP contribution >= 0.6 is 0 Å². The van der Waals surface area contributed by atoms with Crippen molar-refractivity contribution < 1.29 is 19.7 Å². The molecule has 1 aliphatic heterocycles. The van der Waals surface area contributed by atoms with Crippen molar-refractivity contribution in [2.75, 3.05) is 13.2 Å². The van der Waals surface area contributed by atoms with Gasteiger partial charge in [0.2, 0.25) is 0 Å². The maximum Gasteiger partial charge on any atom is 0.268 e. The van der Waals surface area contributed by atoms with Gasteiger partial charge in [-0.2, -0.15) is 0 Å². The van der Waals surface area contributed by atoms with Gasteiger partial charge < -0.3 is 25.3 Å². The number of nitrogens with one attached hydrogen (secondary N) is 2. The Labute approximate surface area is 121 Å². The number of hydrogen-bond acceptors (Lipinski definition) is 4. The lowest BCUT2D eigenvalue weighted by Crippen LogP contribution is -2.55. The van der Waals surface area contributed by atoms with E-state index in [9.17, 15) is 15.0 Å². The highest BCUT2D eigenvalue weighted by molar-refractivity contribution is 5.98. The summed E-state index contributed by atoms with van der Waals surface area (Å²) in [6.07, 6.45) is -2.00. The predicted octanol–water partition coefficient (Wildman–Crippen LogP) is 0.327. The van der Waals surface area contributed by atoms with E-state index in [1.54, 1.807) is 6.07 Å². The molecule has 112 valence electrons. The first-order chi connectivity index (χ1) is 10.0. The number of rotatable bonds is 2. The molecule has 0 bridgehead atoms. The molecule has 0 unspecified atom stereocenters. The molecular formula is C15H18N2O4. The number of aromatic nitrogens is 1. The Morgan fingerprint density at radius 1 is 1.33 bits per heavy atom. The maximum atomic E-state index is 12.2. The normalized spacial score (nSPS) is 26.0. The number of amides is 1. The van der Waals surface area contributed by atoms with Crippen LogP contribution in [-0.2, 0) is 4.74 Å². The number of aliphatic hydroxyl groups is 2. The summed E-state index contributed by atoms with van der Waals surface area (Å²) in [5.41, 5.74) is 2.42. The Hall–Kier alpha value is -1.89. The summed E-state index contributed by atoms with van der Waals surface area (Å²) in [5.74, 6) is -0.328. The van der Waals surface area contributed by atoms with Crippen molar-refractivity contribution in [1.29, 1.82) is 0 Å². The molecule has 21 heavy (non-hydrogen) atoms. The summed E-state index contributed by atoms with van der Waals surface area (Å²) in [4.78, 5) is 15.3.